The van der Waals surface area contributed by atoms with Crippen LogP contribution in [0.4, 0.5) is 0 Å². The first-order chi connectivity index (χ1) is 7.81. The van der Waals surface area contributed by atoms with Gasteiger partial charge in [0.2, 0.25) is 0 Å². The minimum atomic E-state index is 0.359. The zero-order valence-corrected chi connectivity index (χ0v) is 10.6. The van der Waals surface area contributed by atoms with Crippen LogP contribution in [0.2, 0.25) is 0 Å². The highest BCUT2D eigenvalue weighted by Crippen LogP contribution is 2.02. The first-order valence-corrected chi connectivity index (χ1v) is 6.04. The fourth-order valence-electron chi connectivity index (χ4n) is 1.78. The number of hydrogen-bond acceptors (Lipinski definition) is 3. The van der Waals surface area contributed by atoms with E-state index in [0.29, 0.717) is 6.04 Å². The van der Waals surface area contributed by atoms with Gasteiger partial charge in [-0.15, -0.1) is 0 Å². The lowest BCUT2D eigenvalue weighted by molar-refractivity contribution is 0.165. The van der Waals surface area contributed by atoms with Crippen LogP contribution in [0.15, 0.2) is 12.4 Å². The van der Waals surface area contributed by atoms with E-state index in [1.807, 2.05) is 12.4 Å². The normalized spacial score (nSPS) is 12.9. The molecule has 1 heterocycles. The van der Waals surface area contributed by atoms with Crippen LogP contribution in [-0.4, -0.2) is 35.9 Å². The largest absolute Gasteiger partial charge is 0.383 e. The number of rotatable bonds is 8. The molecule has 0 aliphatic carbocycles. The van der Waals surface area contributed by atoms with Crippen LogP contribution < -0.4 is 5.32 Å². The van der Waals surface area contributed by atoms with E-state index in [1.54, 1.807) is 7.11 Å². The van der Waals surface area contributed by atoms with Crippen LogP contribution in [0.1, 0.15) is 26.1 Å². The van der Waals surface area contributed by atoms with Crippen molar-refractivity contribution in [1.82, 2.24) is 14.9 Å². The van der Waals surface area contributed by atoms with Crippen molar-refractivity contribution < 1.29 is 4.74 Å². The third-order valence-corrected chi connectivity index (χ3v) is 2.62. The van der Waals surface area contributed by atoms with Gasteiger partial charge >= 0.3 is 0 Å². The van der Waals surface area contributed by atoms with Crippen LogP contribution in [0.3, 0.4) is 0 Å². The summed E-state index contributed by atoms with van der Waals surface area (Å²) >= 11 is 0. The Bertz CT molecular complexity index is 286. The van der Waals surface area contributed by atoms with Gasteiger partial charge in [-0.05, 0) is 19.9 Å². The molecule has 0 saturated heterocycles. The van der Waals surface area contributed by atoms with Gasteiger partial charge in [0, 0.05) is 38.5 Å². The van der Waals surface area contributed by atoms with Crippen molar-refractivity contribution >= 4 is 0 Å². The van der Waals surface area contributed by atoms with E-state index >= 15 is 0 Å². The van der Waals surface area contributed by atoms with E-state index in [2.05, 4.69) is 28.7 Å². The molecule has 0 aromatic carbocycles. The second-order valence-corrected chi connectivity index (χ2v) is 3.94. The first kappa shape index (κ1) is 13.2. The van der Waals surface area contributed by atoms with E-state index in [1.165, 1.54) is 0 Å². The lowest BCUT2D eigenvalue weighted by Gasteiger charge is -2.17. The number of aryl methyl sites for hydroxylation is 1. The topological polar surface area (TPSA) is 39.1 Å². The Morgan fingerprint density at radius 2 is 2.31 bits per heavy atom. The van der Waals surface area contributed by atoms with Gasteiger partial charge in [0.05, 0.1) is 6.61 Å². The van der Waals surface area contributed by atoms with E-state index < -0.39 is 0 Å². The molecule has 1 aromatic rings. The minimum Gasteiger partial charge on any atom is -0.383 e. The fourth-order valence-corrected chi connectivity index (χ4v) is 1.78. The Kier molecular flexibility index (Phi) is 6.11. The van der Waals surface area contributed by atoms with Gasteiger partial charge in [0.15, 0.2) is 0 Å². The molecule has 0 bridgehead atoms. The summed E-state index contributed by atoms with van der Waals surface area (Å²) in [6.45, 7) is 7.04. The standard InChI is InChI=1S/C12H23N3O/c1-4-6-13-11(10-16-3)9-12-14-7-8-15(12)5-2/h7-8,11,13H,4-6,9-10H2,1-3H3. The summed E-state index contributed by atoms with van der Waals surface area (Å²) in [5.74, 6) is 1.13. The van der Waals surface area contributed by atoms with Crippen LogP contribution in [0.25, 0.3) is 0 Å². The zero-order chi connectivity index (χ0) is 11.8. The van der Waals surface area contributed by atoms with Crippen LogP contribution in [0, 0.1) is 0 Å². The molecule has 1 unspecified atom stereocenters. The average molecular weight is 225 g/mol. The Morgan fingerprint density at radius 1 is 1.50 bits per heavy atom. The molecular formula is C12H23N3O. The summed E-state index contributed by atoms with van der Waals surface area (Å²) < 4.78 is 7.40. The van der Waals surface area contributed by atoms with Gasteiger partial charge in [-0.1, -0.05) is 6.92 Å². The highest BCUT2D eigenvalue weighted by molar-refractivity contribution is 4.95. The van der Waals surface area contributed by atoms with Gasteiger partial charge in [-0.3, -0.25) is 0 Å². The number of nitrogens with zero attached hydrogens (tertiary/aromatic N) is 2. The quantitative estimate of drug-likeness (QED) is 0.728. The maximum Gasteiger partial charge on any atom is 0.110 e. The van der Waals surface area contributed by atoms with Crippen molar-refractivity contribution in [2.75, 3.05) is 20.3 Å². The number of imidazole rings is 1. The van der Waals surface area contributed by atoms with Gasteiger partial charge in [-0.2, -0.15) is 0 Å². The Labute approximate surface area is 98.0 Å². The van der Waals surface area contributed by atoms with Gasteiger partial charge in [0.25, 0.3) is 0 Å². The molecule has 4 heteroatoms. The van der Waals surface area contributed by atoms with Gasteiger partial charge in [0.1, 0.15) is 5.82 Å². The summed E-state index contributed by atoms with van der Waals surface area (Å²) in [5, 5.41) is 3.48. The highest BCUT2D eigenvalue weighted by Gasteiger charge is 2.11. The van der Waals surface area contributed by atoms with Crippen molar-refractivity contribution in [3.63, 3.8) is 0 Å². The number of hydrogen-bond donors (Lipinski definition) is 1. The number of ether oxygens (including phenoxy) is 1. The molecule has 1 N–H and O–H groups in total. The summed E-state index contributed by atoms with van der Waals surface area (Å²) in [4.78, 5) is 4.38. The molecule has 92 valence electrons. The third kappa shape index (κ3) is 3.94. The van der Waals surface area contributed by atoms with Crippen molar-refractivity contribution in [1.29, 1.82) is 0 Å². The Morgan fingerprint density at radius 3 is 2.94 bits per heavy atom. The minimum absolute atomic E-state index is 0.359. The van der Waals surface area contributed by atoms with Crippen molar-refractivity contribution in [2.24, 2.45) is 0 Å². The number of nitrogens with one attached hydrogen (secondary N) is 1. The molecular weight excluding hydrogens is 202 g/mol. The summed E-state index contributed by atoms with van der Waals surface area (Å²) in [6.07, 6.45) is 5.96. The molecule has 0 fully saturated rings. The lowest BCUT2D eigenvalue weighted by Crippen LogP contribution is -2.36. The molecule has 16 heavy (non-hydrogen) atoms. The van der Waals surface area contributed by atoms with Crippen molar-refractivity contribution in [3.05, 3.63) is 18.2 Å². The molecule has 0 aliphatic rings. The highest BCUT2D eigenvalue weighted by atomic mass is 16.5. The summed E-state index contributed by atoms with van der Waals surface area (Å²) in [6, 6.07) is 0.359. The van der Waals surface area contributed by atoms with E-state index in [0.717, 1.165) is 38.4 Å². The van der Waals surface area contributed by atoms with Crippen LogP contribution >= 0.6 is 0 Å². The molecule has 0 spiro atoms. The van der Waals surface area contributed by atoms with E-state index in [4.69, 9.17) is 4.74 Å². The monoisotopic (exact) mass is 225 g/mol. The van der Waals surface area contributed by atoms with Crippen LogP contribution in [-0.2, 0) is 17.7 Å². The fraction of sp³-hybridized carbons (Fsp3) is 0.750. The number of aromatic nitrogens is 2. The summed E-state index contributed by atoms with van der Waals surface area (Å²) in [7, 11) is 1.74. The van der Waals surface area contributed by atoms with Crippen LogP contribution in [0.5, 0.6) is 0 Å². The van der Waals surface area contributed by atoms with E-state index in [9.17, 15) is 0 Å². The SMILES string of the molecule is CCCNC(COC)Cc1nccn1CC. The van der Waals surface area contributed by atoms with Gasteiger partial charge < -0.3 is 14.6 Å². The second kappa shape index (κ2) is 7.41. The molecule has 0 amide bonds. The maximum absolute atomic E-state index is 5.22. The Balaban J connectivity index is 2.52. The predicted molar refractivity (Wildman–Crippen MR) is 65.6 cm³/mol. The lowest BCUT2D eigenvalue weighted by atomic mass is 10.2. The smallest absolute Gasteiger partial charge is 0.110 e. The molecule has 1 aromatic heterocycles. The second-order valence-electron chi connectivity index (χ2n) is 3.94. The average Bonchev–Trinajstić information content (AvgIpc) is 2.73. The van der Waals surface area contributed by atoms with Crippen molar-refractivity contribution in [2.45, 2.75) is 39.3 Å². The Hall–Kier alpha value is -0.870. The molecule has 1 rings (SSSR count). The van der Waals surface area contributed by atoms with Crippen molar-refractivity contribution in [3.8, 4) is 0 Å². The molecule has 0 aliphatic heterocycles. The summed E-state index contributed by atoms with van der Waals surface area (Å²) in [5.41, 5.74) is 0. The van der Waals surface area contributed by atoms with Gasteiger partial charge in [-0.25, -0.2) is 4.98 Å². The molecule has 0 saturated carbocycles. The maximum atomic E-state index is 5.22. The number of methoxy groups -OCH3 is 1. The predicted octanol–water partition coefficient (Wildman–Crippen LogP) is 1.46. The molecule has 4 nitrogen and oxygen atoms in total. The molecule has 0 radical (unpaired) electrons. The third-order valence-electron chi connectivity index (χ3n) is 2.62. The van der Waals surface area contributed by atoms with E-state index in [-0.39, 0.29) is 0 Å². The first-order valence-electron chi connectivity index (χ1n) is 6.04. The zero-order valence-electron chi connectivity index (χ0n) is 10.6. The molecule has 1 atom stereocenters.